The molecular weight excluding hydrogens is 278 g/mol. The van der Waals surface area contributed by atoms with Crippen molar-refractivity contribution in [2.75, 3.05) is 42.5 Å². The molecule has 22 heavy (non-hydrogen) atoms. The van der Waals surface area contributed by atoms with Crippen LogP contribution >= 0.6 is 0 Å². The molecule has 0 spiro atoms. The van der Waals surface area contributed by atoms with Gasteiger partial charge in [-0.05, 0) is 25.2 Å². The van der Waals surface area contributed by atoms with Gasteiger partial charge in [0, 0.05) is 18.8 Å². The van der Waals surface area contributed by atoms with Crippen molar-refractivity contribution in [2.24, 2.45) is 0 Å². The largest absolute Gasteiger partial charge is 0.368 e. The number of para-hydroxylation sites is 1. The summed E-state index contributed by atoms with van der Waals surface area (Å²) in [6, 6.07) is 9.71. The summed E-state index contributed by atoms with van der Waals surface area (Å²) in [7, 11) is 0. The third kappa shape index (κ3) is 4.85. The van der Waals surface area contributed by atoms with Gasteiger partial charge in [-0.15, -0.1) is 0 Å². The first-order chi connectivity index (χ1) is 10.7. The van der Waals surface area contributed by atoms with Crippen LogP contribution in [0.4, 0.5) is 23.5 Å². The van der Waals surface area contributed by atoms with E-state index in [-0.39, 0.29) is 5.95 Å². The third-order valence-corrected chi connectivity index (χ3v) is 3.29. The Morgan fingerprint density at radius 2 is 1.68 bits per heavy atom. The zero-order chi connectivity index (χ0) is 15.8. The number of nitrogens with one attached hydrogen (secondary N) is 2. The molecule has 0 saturated heterocycles. The van der Waals surface area contributed by atoms with E-state index in [4.69, 9.17) is 5.73 Å². The second-order valence-corrected chi connectivity index (χ2v) is 4.79. The topological polar surface area (TPSA) is 92.0 Å². The highest BCUT2D eigenvalue weighted by Crippen LogP contribution is 2.13. The summed E-state index contributed by atoms with van der Waals surface area (Å²) in [6.45, 7) is 8.03. The number of benzene rings is 1. The second kappa shape index (κ2) is 8.14. The Hall–Kier alpha value is -2.41. The summed E-state index contributed by atoms with van der Waals surface area (Å²) in [5.74, 6) is 1.11. The molecule has 0 unspecified atom stereocenters. The first-order valence-corrected chi connectivity index (χ1v) is 7.51. The molecule has 2 aromatic rings. The van der Waals surface area contributed by atoms with Gasteiger partial charge in [0.2, 0.25) is 17.8 Å². The van der Waals surface area contributed by atoms with E-state index in [0.717, 1.165) is 31.9 Å². The van der Waals surface area contributed by atoms with Crippen LogP contribution < -0.4 is 16.4 Å². The maximum Gasteiger partial charge on any atom is 0.233 e. The van der Waals surface area contributed by atoms with E-state index in [0.29, 0.717) is 11.9 Å². The lowest BCUT2D eigenvalue weighted by molar-refractivity contribution is 0.316. The predicted molar refractivity (Wildman–Crippen MR) is 90.2 cm³/mol. The number of nitrogens with two attached hydrogens (primary N) is 1. The molecule has 1 aromatic heterocycles. The molecular formula is C15H23N7. The van der Waals surface area contributed by atoms with Gasteiger partial charge >= 0.3 is 0 Å². The first-order valence-electron chi connectivity index (χ1n) is 7.51. The van der Waals surface area contributed by atoms with Crippen LogP contribution in [0.3, 0.4) is 0 Å². The normalized spacial score (nSPS) is 10.7. The van der Waals surface area contributed by atoms with Crippen molar-refractivity contribution in [3.63, 3.8) is 0 Å². The lowest BCUT2D eigenvalue weighted by atomic mass is 10.3. The molecule has 0 bridgehead atoms. The Kier molecular flexibility index (Phi) is 5.91. The minimum atomic E-state index is 0.193. The minimum absolute atomic E-state index is 0.193. The standard InChI is InChI=1S/C15H23N7/c1-3-22(4-2)11-10-17-14-19-13(16)20-15(21-14)18-12-8-6-5-7-9-12/h5-9H,3-4,10-11H2,1-2H3,(H4,16,17,18,19,20,21). The first kappa shape index (κ1) is 16.0. The Morgan fingerprint density at radius 1 is 1.00 bits per heavy atom. The van der Waals surface area contributed by atoms with E-state index in [1.165, 1.54) is 0 Å². The van der Waals surface area contributed by atoms with Gasteiger partial charge in [0.25, 0.3) is 0 Å². The number of rotatable bonds is 8. The zero-order valence-corrected chi connectivity index (χ0v) is 13.1. The summed E-state index contributed by atoms with van der Waals surface area (Å²) >= 11 is 0. The monoisotopic (exact) mass is 301 g/mol. The summed E-state index contributed by atoms with van der Waals surface area (Å²) in [5.41, 5.74) is 6.65. The highest BCUT2D eigenvalue weighted by atomic mass is 15.3. The van der Waals surface area contributed by atoms with Crippen molar-refractivity contribution >= 4 is 23.5 Å². The number of hydrogen-bond acceptors (Lipinski definition) is 7. The quantitative estimate of drug-likeness (QED) is 0.686. The molecule has 2 rings (SSSR count). The van der Waals surface area contributed by atoms with E-state index in [2.05, 4.69) is 44.3 Å². The van der Waals surface area contributed by atoms with Crippen molar-refractivity contribution in [3.8, 4) is 0 Å². The Bertz CT molecular complexity index is 569. The van der Waals surface area contributed by atoms with Gasteiger partial charge in [-0.3, -0.25) is 0 Å². The molecule has 1 aromatic carbocycles. The van der Waals surface area contributed by atoms with Crippen LogP contribution in [0.15, 0.2) is 30.3 Å². The van der Waals surface area contributed by atoms with Crippen LogP contribution in [-0.2, 0) is 0 Å². The second-order valence-electron chi connectivity index (χ2n) is 4.79. The molecule has 118 valence electrons. The molecule has 0 atom stereocenters. The van der Waals surface area contributed by atoms with Gasteiger partial charge in [-0.25, -0.2) is 0 Å². The van der Waals surface area contributed by atoms with Crippen molar-refractivity contribution in [1.29, 1.82) is 0 Å². The van der Waals surface area contributed by atoms with Crippen LogP contribution in [0.5, 0.6) is 0 Å². The van der Waals surface area contributed by atoms with Gasteiger partial charge in [0.15, 0.2) is 0 Å². The molecule has 7 nitrogen and oxygen atoms in total. The molecule has 0 aliphatic heterocycles. The van der Waals surface area contributed by atoms with E-state index in [1.807, 2.05) is 30.3 Å². The van der Waals surface area contributed by atoms with Crippen LogP contribution in [0.1, 0.15) is 13.8 Å². The average Bonchev–Trinajstić information content (AvgIpc) is 2.52. The Morgan fingerprint density at radius 3 is 2.36 bits per heavy atom. The molecule has 0 aliphatic carbocycles. The number of nitrogen functional groups attached to an aromatic ring is 1. The smallest absolute Gasteiger partial charge is 0.233 e. The fourth-order valence-corrected chi connectivity index (χ4v) is 2.04. The number of hydrogen-bond donors (Lipinski definition) is 3. The van der Waals surface area contributed by atoms with Gasteiger partial charge in [-0.2, -0.15) is 15.0 Å². The minimum Gasteiger partial charge on any atom is -0.368 e. The molecule has 0 radical (unpaired) electrons. The Labute approximate surface area is 131 Å². The van der Waals surface area contributed by atoms with Crippen molar-refractivity contribution < 1.29 is 0 Å². The number of likely N-dealkylation sites (N-methyl/N-ethyl adjacent to an activating group) is 1. The lowest BCUT2D eigenvalue weighted by Gasteiger charge is -2.18. The van der Waals surface area contributed by atoms with Gasteiger partial charge in [0.05, 0.1) is 0 Å². The molecule has 0 amide bonds. The number of anilines is 4. The molecule has 0 aliphatic rings. The van der Waals surface area contributed by atoms with Crippen LogP contribution in [0.25, 0.3) is 0 Å². The maximum absolute atomic E-state index is 5.74. The fourth-order valence-electron chi connectivity index (χ4n) is 2.04. The van der Waals surface area contributed by atoms with Gasteiger partial charge in [-0.1, -0.05) is 32.0 Å². The number of nitrogens with zero attached hydrogens (tertiary/aromatic N) is 4. The van der Waals surface area contributed by atoms with Gasteiger partial charge in [0.1, 0.15) is 0 Å². The van der Waals surface area contributed by atoms with E-state index in [1.54, 1.807) is 0 Å². The van der Waals surface area contributed by atoms with Crippen LogP contribution in [0, 0.1) is 0 Å². The average molecular weight is 301 g/mol. The summed E-state index contributed by atoms with van der Waals surface area (Å²) < 4.78 is 0. The third-order valence-electron chi connectivity index (χ3n) is 3.29. The fraction of sp³-hybridized carbons (Fsp3) is 0.400. The highest BCUT2D eigenvalue weighted by Gasteiger charge is 2.05. The zero-order valence-electron chi connectivity index (χ0n) is 13.1. The SMILES string of the molecule is CCN(CC)CCNc1nc(N)nc(Nc2ccccc2)n1. The molecule has 1 heterocycles. The summed E-state index contributed by atoms with van der Waals surface area (Å²) in [4.78, 5) is 14.9. The predicted octanol–water partition coefficient (Wildman–Crippen LogP) is 1.95. The molecule has 4 N–H and O–H groups in total. The highest BCUT2D eigenvalue weighted by molar-refractivity contribution is 5.54. The maximum atomic E-state index is 5.74. The van der Waals surface area contributed by atoms with E-state index >= 15 is 0 Å². The van der Waals surface area contributed by atoms with E-state index < -0.39 is 0 Å². The van der Waals surface area contributed by atoms with Crippen LogP contribution in [-0.4, -0.2) is 46.0 Å². The van der Waals surface area contributed by atoms with Gasteiger partial charge < -0.3 is 21.3 Å². The number of aromatic nitrogens is 3. The summed E-state index contributed by atoms with van der Waals surface area (Å²) in [6.07, 6.45) is 0. The lowest BCUT2D eigenvalue weighted by Crippen LogP contribution is -2.29. The van der Waals surface area contributed by atoms with Crippen molar-refractivity contribution in [3.05, 3.63) is 30.3 Å². The molecule has 7 heteroatoms. The van der Waals surface area contributed by atoms with Crippen molar-refractivity contribution in [1.82, 2.24) is 19.9 Å². The van der Waals surface area contributed by atoms with Crippen LogP contribution in [0.2, 0.25) is 0 Å². The van der Waals surface area contributed by atoms with E-state index in [9.17, 15) is 0 Å². The molecule has 0 saturated carbocycles. The summed E-state index contributed by atoms with van der Waals surface area (Å²) in [5, 5.41) is 6.30. The van der Waals surface area contributed by atoms with Crippen molar-refractivity contribution in [2.45, 2.75) is 13.8 Å². The Balaban J connectivity index is 1.97. The molecule has 0 fully saturated rings.